The third-order valence-corrected chi connectivity index (χ3v) is 2.26. The number of nitrogens with zero attached hydrogens (tertiary/aromatic N) is 2. The fourth-order valence-electron chi connectivity index (χ4n) is 1.29. The molecule has 0 saturated carbocycles. The van der Waals surface area contributed by atoms with Crippen LogP contribution in [0.4, 0.5) is 5.69 Å². The number of ether oxygens (including phenoxy) is 1. The Bertz CT molecular complexity index is 513. The second-order valence-corrected chi connectivity index (χ2v) is 4.11. The van der Waals surface area contributed by atoms with Crippen LogP contribution in [0, 0.1) is 0 Å². The molecular formula is C12H17N5O2S. The van der Waals surface area contributed by atoms with E-state index in [0.717, 1.165) is 5.75 Å². The molecule has 0 aliphatic carbocycles. The Morgan fingerprint density at radius 3 is 2.55 bits per heavy atom. The third kappa shape index (κ3) is 5.21. The predicted molar refractivity (Wildman–Crippen MR) is 82.7 cm³/mol. The van der Waals surface area contributed by atoms with E-state index in [1.807, 2.05) is 12.4 Å². The molecule has 8 heteroatoms. The molecule has 108 valence electrons. The van der Waals surface area contributed by atoms with Gasteiger partial charge in [-0.3, -0.25) is 16.1 Å². The molecule has 0 radical (unpaired) electrons. The average Bonchev–Trinajstić information content (AvgIpc) is 2.44. The molecule has 0 heterocycles. The lowest BCUT2D eigenvalue weighted by Crippen LogP contribution is -2.31. The van der Waals surface area contributed by atoms with Crippen molar-refractivity contribution >= 4 is 34.6 Å². The van der Waals surface area contributed by atoms with Crippen LogP contribution in [0.1, 0.15) is 13.8 Å². The molecule has 7 nitrogen and oxygen atoms in total. The van der Waals surface area contributed by atoms with E-state index in [2.05, 4.69) is 27.7 Å². The molecule has 0 fully saturated rings. The van der Waals surface area contributed by atoms with Crippen LogP contribution in [0.3, 0.4) is 0 Å². The van der Waals surface area contributed by atoms with Gasteiger partial charge in [0.15, 0.2) is 10.9 Å². The SMILES string of the molecule is CCOc1ccc(N=C(NO)/C(C)=N/NC(N)=S)cc1. The Morgan fingerprint density at radius 1 is 1.40 bits per heavy atom. The highest BCUT2D eigenvalue weighted by molar-refractivity contribution is 7.80. The number of amidine groups is 1. The topological polar surface area (TPSA) is 104 Å². The van der Waals surface area contributed by atoms with Gasteiger partial charge in [0.25, 0.3) is 0 Å². The van der Waals surface area contributed by atoms with Crippen molar-refractivity contribution in [3.8, 4) is 5.75 Å². The molecular weight excluding hydrogens is 278 g/mol. The quantitative estimate of drug-likeness (QED) is 0.282. The van der Waals surface area contributed by atoms with Crippen LogP contribution in [0.5, 0.6) is 5.75 Å². The molecule has 20 heavy (non-hydrogen) atoms. The van der Waals surface area contributed by atoms with Gasteiger partial charge in [-0.2, -0.15) is 5.10 Å². The predicted octanol–water partition coefficient (Wildman–Crippen LogP) is 1.30. The summed E-state index contributed by atoms with van der Waals surface area (Å²) < 4.78 is 5.33. The van der Waals surface area contributed by atoms with Crippen LogP contribution in [0.15, 0.2) is 34.4 Å². The Kier molecular flexibility index (Phi) is 6.41. The summed E-state index contributed by atoms with van der Waals surface area (Å²) in [6.07, 6.45) is 0. The lowest BCUT2D eigenvalue weighted by molar-refractivity contribution is 0.236. The van der Waals surface area contributed by atoms with Crippen molar-refractivity contribution in [2.75, 3.05) is 6.61 Å². The zero-order valence-corrected chi connectivity index (χ0v) is 12.1. The van der Waals surface area contributed by atoms with Gasteiger partial charge in [0, 0.05) is 0 Å². The molecule has 0 aliphatic rings. The number of hydrogen-bond donors (Lipinski definition) is 4. The van der Waals surface area contributed by atoms with Crippen molar-refractivity contribution in [2.45, 2.75) is 13.8 Å². The van der Waals surface area contributed by atoms with Gasteiger partial charge in [0.05, 0.1) is 12.3 Å². The van der Waals surface area contributed by atoms with E-state index in [1.54, 1.807) is 31.2 Å². The summed E-state index contributed by atoms with van der Waals surface area (Å²) >= 11 is 4.63. The van der Waals surface area contributed by atoms with E-state index in [9.17, 15) is 0 Å². The molecule has 0 aromatic heterocycles. The number of nitrogens with two attached hydrogens (primary N) is 1. The van der Waals surface area contributed by atoms with Gasteiger partial charge in [0.2, 0.25) is 0 Å². The molecule has 0 amide bonds. The summed E-state index contributed by atoms with van der Waals surface area (Å²) in [6, 6.07) is 7.10. The summed E-state index contributed by atoms with van der Waals surface area (Å²) in [5.74, 6) is 0.934. The van der Waals surface area contributed by atoms with Gasteiger partial charge in [-0.1, -0.05) is 0 Å². The van der Waals surface area contributed by atoms with Crippen molar-refractivity contribution in [2.24, 2.45) is 15.8 Å². The summed E-state index contributed by atoms with van der Waals surface area (Å²) in [4.78, 5) is 4.20. The highest BCUT2D eigenvalue weighted by Gasteiger charge is 2.03. The minimum atomic E-state index is 0.0303. The molecule has 0 spiro atoms. The van der Waals surface area contributed by atoms with Gasteiger partial charge in [-0.05, 0) is 50.3 Å². The Labute approximate surface area is 122 Å². The molecule has 1 aromatic carbocycles. The number of hydrogen-bond acceptors (Lipinski definition) is 5. The first-order valence-corrected chi connectivity index (χ1v) is 6.29. The van der Waals surface area contributed by atoms with E-state index in [1.165, 1.54) is 0 Å². The number of hydrazone groups is 1. The minimum absolute atomic E-state index is 0.0303. The average molecular weight is 295 g/mol. The fourth-order valence-corrected chi connectivity index (χ4v) is 1.34. The molecule has 1 aromatic rings. The molecule has 1 rings (SSSR count). The highest BCUT2D eigenvalue weighted by Crippen LogP contribution is 2.18. The number of nitrogens with one attached hydrogen (secondary N) is 2. The van der Waals surface area contributed by atoms with Crippen LogP contribution in [-0.2, 0) is 0 Å². The second kappa shape index (κ2) is 8.08. The Hall–Kier alpha value is -2.19. The maximum atomic E-state index is 9.08. The maximum Gasteiger partial charge on any atom is 0.184 e. The van der Waals surface area contributed by atoms with E-state index in [-0.39, 0.29) is 10.9 Å². The van der Waals surface area contributed by atoms with Gasteiger partial charge in [0.1, 0.15) is 11.5 Å². The summed E-state index contributed by atoms with van der Waals surface area (Å²) in [5, 5.41) is 13.0. The molecule has 0 unspecified atom stereocenters. The van der Waals surface area contributed by atoms with Crippen molar-refractivity contribution in [3.05, 3.63) is 24.3 Å². The van der Waals surface area contributed by atoms with E-state index in [4.69, 9.17) is 15.7 Å². The van der Waals surface area contributed by atoms with Crippen LogP contribution in [-0.4, -0.2) is 28.5 Å². The smallest absolute Gasteiger partial charge is 0.184 e. The van der Waals surface area contributed by atoms with Crippen LogP contribution >= 0.6 is 12.2 Å². The molecule has 0 aliphatic heterocycles. The first kappa shape index (κ1) is 15.9. The van der Waals surface area contributed by atoms with Crippen LogP contribution in [0.2, 0.25) is 0 Å². The van der Waals surface area contributed by atoms with Crippen molar-refractivity contribution in [1.82, 2.24) is 10.9 Å². The van der Waals surface area contributed by atoms with Crippen LogP contribution < -0.4 is 21.4 Å². The summed E-state index contributed by atoms with van der Waals surface area (Å²) in [7, 11) is 0. The van der Waals surface area contributed by atoms with E-state index in [0.29, 0.717) is 18.0 Å². The first-order valence-electron chi connectivity index (χ1n) is 5.88. The Morgan fingerprint density at radius 2 is 2.05 bits per heavy atom. The van der Waals surface area contributed by atoms with Gasteiger partial charge in [-0.25, -0.2) is 4.99 Å². The van der Waals surface area contributed by atoms with Crippen molar-refractivity contribution in [1.29, 1.82) is 0 Å². The van der Waals surface area contributed by atoms with Gasteiger partial charge >= 0.3 is 0 Å². The second-order valence-electron chi connectivity index (χ2n) is 3.67. The summed E-state index contributed by atoms with van der Waals surface area (Å²) in [5.41, 5.74) is 10.7. The van der Waals surface area contributed by atoms with Gasteiger partial charge in [-0.15, -0.1) is 0 Å². The first-order chi connectivity index (χ1) is 9.56. The fraction of sp³-hybridized carbons (Fsp3) is 0.250. The third-order valence-electron chi connectivity index (χ3n) is 2.17. The lowest BCUT2D eigenvalue weighted by atomic mass is 10.3. The normalized spacial score (nSPS) is 11.9. The largest absolute Gasteiger partial charge is 0.494 e. The minimum Gasteiger partial charge on any atom is -0.494 e. The standard InChI is InChI=1S/C12H17N5O2S/c1-3-19-10-6-4-9(5-7-10)14-11(17-18)8(2)15-16-12(13)20/h4-7,18H,3H2,1-2H3,(H,14,17)(H3,13,16,20)/b15-8+. The highest BCUT2D eigenvalue weighted by atomic mass is 32.1. The molecule has 0 atom stereocenters. The van der Waals surface area contributed by atoms with Crippen LogP contribution in [0.25, 0.3) is 0 Å². The van der Waals surface area contributed by atoms with Crippen molar-refractivity contribution < 1.29 is 9.94 Å². The number of aliphatic imine (C=N–C) groups is 1. The number of thiocarbonyl (C=S) groups is 1. The summed E-state index contributed by atoms with van der Waals surface area (Å²) in [6.45, 7) is 4.15. The van der Waals surface area contributed by atoms with E-state index < -0.39 is 0 Å². The Balaban J connectivity index is 2.87. The van der Waals surface area contributed by atoms with E-state index >= 15 is 0 Å². The monoisotopic (exact) mass is 295 g/mol. The van der Waals surface area contributed by atoms with Gasteiger partial charge < -0.3 is 10.5 Å². The molecule has 5 N–H and O–H groups in total. The zero-order valence-electron chi connectivity index (χ0n) is 11.3. The maximum absolute atomic E-state index is 9.08. The lowest BCUT2D eigenvalue weighted by Gasteiger charge is -2.06. The molecule has 0 saturated heterocycles. The number of hydroxylamine groups is 1. The zero-order chi connectivity index (χ0) is 15.0. The number of benzene rings is 1. The molecule has 0 bridgehead atoms. The van der Waals surface area contributed by atoms with Crippen molar-refractivity contribution in [3.63, 3.8) is 0 Å². The number of rotatable bonds is 5.